The first-order valence-corrected chi connectivity index (χ1v) is 11.1. The van der Waals surface area contributed by atoms with Gasteiger partial charge in [-0.2, -0.15) is 5.10 Å². The van der Waals surface area contributed by atoms with Crippen molar-refractivity contribution in [3.63, 3.8) is 0 Å². The maximum Gasteiger partial charge on any atom is 0.408 e. The van der Waals surface area contributed by atoms with E-state index in [1.807, 2.05) is 61.5 Å². The molecule has 2 aromatic carbocycles. The third-order valence-electron chi connectivity index (χ3n) is 4.97. The summed E-state index contributed by atoms with van der Waals surface area (Å²) in [4.78, 5) is 16.3. The number of aliphatic hydroxyl groups excluding tert-OH is 1. The number of carbonyl (C=O) groups is 1. The number of ether oxygens (including phenoxy) is 2. The molecule has 1 heterocycles. The number of hydrogen-bond acceptors (Lipinski definition) is 8. The zero-order valence-corrected chi connectivity index (χ0v) is 19.3. The second kappa shape index (κ2) is 12.9. The van der Waals surface area contributed by atoms with Crippen molar-refractivity contribution < 1.29 is 19.4 Å². The van der Waals surface area contributed by atoms with E-state index in [0.29, 0.717) is 24.6 Å². The minimum Gasteiger partial charge on any atom is -0.511 e. The minimum atomic E-state index is -0.681. The van der Waals surface area contributed by atoms with E-state index in [9.17, 15) is 9.90 Å². The summed E-state index contributed by atoms with van der Waals surface area (Å²) in [6, 6.07) is 16.4. The summed E-state index contributed by atoms with van der Waals surface area (Å²) in [7, 11) is 0. The third-order valence-corrected chi connectivity index (χ3v) is 4.97. The van der Waals surface area contributed by atoms with Crippen LogP contribution in [0.2, 0.25) is 0 Å². The molecule has 1 amide bonds. The van der Waals surface area contributed by atoms with Gasteiger partial charge in [-0.05, 0) is 30.2 Å². The topological polar surface area (TPSA) is 117 Å². The molecule has 1 unspecified atom stereocenters. The lowest BCUT2D eigenvalue weighted by Crippen LogP contribution is -2.37. The lowest BCUT2D eigenvalue weighted by molar-refractivity contribution is 0.132. The summed E-state index contributed by atoms with van der Waals surface area (Å²) in [6.07, 6.45) is 0.357. The number of aliphatic imine (C=N–C) groups is 1. The molecule has 1 aliphatic rings. The highest BCUT2D eigenvalue weighted by Crippen LogP contribution is 2.15. The summed E-state index contributed by atoms with van der Waals surface area (Å²) in [5.41, 5.74) is 5.76. The average Bonchev–Trinajstić information content (AvgIpc) is 3.35. The molecule has 2 aromatic rings. The van der Waals surface area contributed by atoms with Crippen molar-refractivity contribution in [3.8, 4) is 5.75 Å². The number of aliphatic hydroxyl groups is 1. The first-order chi connectivity index (χ1) is 16.5. The number of amides is 1. The molecule has 0 saturated carbocycles. The van der Waals surface area contributed by atoms with Crippen molar-refractivity contribution >= 4 is 17.8 Å². The molecule has 9 heteroatoms. The average molecular weight is 466 g/mol. The largest absolute Gasteiger partial charge is 0.511 e. The molecule has 9 nitrogen and oxygen atoms in total. The molecule has 1 atom stereocenters. The van der Waals surface area contributed by atoms with Crippen molar-refractivity contribution in [2.24, 2.45) is 10.1 Å². The van der Waals surface area contributed by atoms with Crippen LogP contribution in [-0.4, -0.2) is 48.6 Å². The molecule has 4 N–H and O–H groups in total. The van der Waals surface area contributed by atoms with Gasteiger partial charge in [0.1, 0.15) is 18.1 Å². The Morgan fingerprint density at radius 3 is 2.76 bits per heavy atom. The second-order valence-electron chi connectivity index (χ2n) is 7.83. The van der Waals surface area contributed by atoms with Crippen molar-refractivity contribution in [1.82, 2.24) is 16.1 Å². The van der Waals surface area contributed by atoms with Crippen LogP contribution in [0.1, 0.15) is 24.5 Å². The molecule has 1 aliphatic heterocycles. The van der Waals surface area contributed by atoms with Crippen LogP contribution in [0, 0.1) is 0 Å². The number of alkyl carbamates (subject to hydrolysis) is 1. The Morgan fingerprint density at radius 1 is 1.24 bits per heavy atom. The summed E-state index contributed by atoms with van der Waals surface area (Å²) in [5, 5.41) is 19.9. The van der Waals surface area contributed by atoms with Crippen molar-refractivity contribution in [2.45, 2.75) is 32.4 Å². The Morgan fingerprint density at radius 2 is 2.03 bits per heavy atom. The molecule has 3 rings (SSSR count). The van der Waals surface area contributed by atoms with Crippen LogP contribution in [0.15, 0.2) is 77.0 Å². The van der Waals surface area contributed by atoms with Gasteiger partial charge < -0.3 is 25.2 Å². The summed E-state index contributed by atoms with van der Waals surface area (Å²) >= 11 is 0. The fourth-order valence-corrected chi connectivity index (χ4v) is 3.23. The van der Waals surface area contributed by atoms with E-state index in [-0.39, 0.29) is 19.0 Å². The maximum atomic E-state index is 12.1. The Labute approximate surface area is 199 Å². The van der Waals surface area contributed by atoms with Gasteiger partial charge >= 0.3 is 6.09 Å². The smallest absolute Gasteiger partial charge is 0.408 e. The number of carbonyl (C=O) groups excluding carboxylic acids is 1. The van der Waals surface area contributed by atoms with Crippen LogP contribution in [0.5, 0.6) is 5.75 Å². The number of rotatable bonds is 11. The lowest BCUT2D eigenvalue weighted by Gasteiger charge is -2.18. The van der Waals surface area contributed by atoms with Gasteiger partial charge in [0.25, 0.3) is 0 Å². The lowest BCUT2D eigenvalue weighted by atomic mass is 10.1. The first-order valence-electron chi connectivity index (χ1n) is 11.1. The fraction of sp³-hybridized carbons (Fsp3) is 0.320. The van der Waals surface area contributed by atoms with Gasteiger partial charge in [0, 0.05) is 25.1 Å². The van der Waals surface area contributed by atoms with Crippen molar-refractivity contribution in [3.05, 3.63) is 78.1 Å². The predicted octanol–water partition coefficient (Wildman–Crippen LogP) is 3.29. The van der Waals surface area contributed by atoms with Crippen LogP contribution in [0.4, 0.5) is 4.79 Å². The van der Waals surface area contributed by atoms with Gasteiger partial charge in [0.2, 0.25) is 5.96 Å². The van der Waals surface area contributed by atoms with Crippen molar-refractivity contribution in [1.29, 1.82) is 0 Å². The summed E-state index contributed by atoms with van der Waals surface area (Å²) < 4.78 is 11.0. The predicted molar refractivity (Wildman–Crippen MR) is 132 cm³/mol. The van der Waals surface area contributed by atoms with E-state index in [1.54, 1.807) is 0 Å². The molecule has 0 spiro atoms. The number of guanidine groups is 1. The molecule has 34 heavy (non-hydrogen) atoms. The molecule has 180 valence electrons. The zero-order valence-electron chi connectivity index (χ0n) is 19.3. The van der Waals surface area contributed by atoms with E-state index in [2.05, 4.69) is 32.7 Å². The quantitative estimate of drug-likeness (QED) is 0.230. The van der Waals surface area contributed by atoms with E-state index in [0.717, 1.165) is 29.9 Å². The van der Waals surface area contributed by atoms with E-state index < -0.39 is 12.1 Å². The maximum absolute atomic E-state index is 12.1. The zero-order chi connectivity index (χ0) is 24.2. The van der Waals surface area contributed by atoms with Gasteiger partial charge in [0.05, 0.1) is 19.2 Å². The van der Waals surface area contributed by atoms with E-state index in [1.165, 1.54) is 0 Å². The van der Waals surface area contributed by atoms with Gasteiger partial charge in [-0.1, -0.05) is 49.0 Å². The molecule has 0 aliphatic carbocycles. The van der Waals surface area contributed by atoms with Gasteiger partial charge in [-0.15, -0.1) is 0 Å². The number of benzene rings is 2. The third kappa shape index (κ3) is 8.50. The highest BCUT2D eigenvalue weighted by atomic mass is 16.5. The highest BCUT2D eigenvalue weighted by Gasteiger charge is 2.16. The number of nitrogens with one attached hydrogen (secondary N) is 3. The van der Waals surface area contributed by atoms with Crippen LogP contribution < -0.4 is 20.8 Å². The van der Waals surface area contributed by atoms with Crippen molar-refractivity contribution in [2.75, 3.05) is 19.7 Å². The monoisotopic (exact) mass is 465 g/mol. The Kier molecular flexibility index (Phi) is 9.33. The molecular formula is C25H31N5O4. The normalized spacial score (nSPS) is 13.9. The van der Waals surface area contributed by atoms with E-state index in [4.69, 9.17) is 9.47 Å². The highest BCUT2D eigenvalue weighted by molar-refractivity contribution is 5.87. The molecule has 0 radical (unpaired) electrons. The van der Waals surface area contributed by atoms with E-state index >= 15 is 0 Å². The Bertz CT molecular complexity index is 1020. The van der Waals surface area contributed by atoms with Crippen LogP contribution in [0.25, 0.3) is 0 Å². The molecule has 0 fully saturated rings. The number of nitrogens with zero attached hydrogens (tertiary/aromatic N) is 2. The van der Waals surface area contributed by atoms with Crippen LogP contribution in [0.3, 0.4) is 0 Å². The van der Waals surface area contributed by atoms with Crippen LogP contribution >= 0.6 is 0 Å². The Hall–Kier alpha value is -4.01. The number of hydrogen-bond donors (Lipinski definition) is 4. The van der Waals surface area contributed by atoms with Crippen LogP contribution in [-0.2, 0) is 17.8 Å². The second-order valence-corrected chi connectivity index (χ2v) is 7.83. The van der Waals surface area contributed by atoms with Gasteiger partial charge in [0.15, 0.2) is 0 Å². The number of hydrazone groups is 1. The molecule has 0 bridgehead atoms. The SMILES string of the molecule is C=C(O)C(CCOc1cccc(C/C(C)=N\NC2=NCCN2)c1)NC(=O)OCc1ccccc1. The minimum absolute atomic E-state index is 0.142. The Balaban J connectivity index is 1.43. The standard InChI is InChI=1S/C25H31N5O4/c1-18(29-30-24-26-12-13-27-24)15-21-9-6-10-22(16-21)33-14-11-23(19(2)31)28-25(32)34-17-20-7-4-3-5-8-20/h3-10,16,23,31H,2,11-15,17H2,1H3,(H,28,32)(H2,26,27,30)/b29-18-. The molecule has 0 saturated heterocycles. The molecular weight excluding hydrogens is 434 g/mol. The summed E-state index contributed by atoms with van der Waals surface area (Å²) in [6.45, 7) is 7.48. The molecule has 0 aromatic heterocycles. The fourth-order valence-electron chi connectivity index (χ4n) is 3.23. The van der Waals surface area contributed by atoms with Gasteiger partial charge in [-0.3, -0.25) is 0 Å². The first kappa shape index (κ1) is 24.6. The summed E-state index contributed by atoms with van der Waals surface area (Å²) in [5.74, 6) is 1.22. The van der Waals surface area contributed by atoms with Gasteiger partial charge in [-0.25, -0.2) is 15.2 Å².